The van der Waals surface area contributed by atoms with Crippen LogP contribution in [-0.4, -0.2) is 50.2 Å². The number of hydrogen-bond donors (Lipinski definition) is 2. The molecule has 1 aromatic carbocycles. The molecule has 2 rings (SSSR count). The zero-order valence-corrected chi connectivity index (χ0v) is 40.2. The highest BCUT2D eigenvalue weighted by atomic mass is 32.2. The third-order valence-electron chi connectivity index (χ3n) is 11.5. The van der Waals surface area contributed by atoms with Crippen molar-refractivity contribution < 1.29 is 5.11 Å². The summed E-state index contributed by atoms with van der Waals surface area (Å²) in [7, 11) is 0. The molecule has 0 amide bonds. The Kier molecular flexibility index (Phi) is 28.8. The number of phenols is 1. The van der Waals surface area contributed by atoms with Gasteiger partial charge in [-0.15, -0.1) is 0 Å². The molecule has 1 saturated heterocycles. The van der Waals surface area contributed by atoms with Crippen molar-refractivity contribution >= 4 is 29.6 Å². The van der Waals surface area contributed by atoms with E-state index in [1.165, 1.54) is 191 Å². The lowest BCUT2D eigenvalue weighted by Gasteiger charge is -2.41. The summed E-state index contributed by atoms with van der Waals surface area (Å²) in [5.41, 5.74) is 6.63. The predicted octanol–water partition coefficient (Wildman–Crippen LogP) is 16.4. The maximum atomic E-state index is 11.3. The molecule has 7 heteroatoms. The van der Waals surface area contributed by atoms with E-state index in [-0.39, 0.29) is 10.8 Å². The summed E-state index contributed by atoms with van der Waals surface area (Å²) in [5, 5.41) is 13.7. The lowest BCUT2D eigenvalue weighted by molar-refractivity contribution is 0.0992. The highest BCUT2D eigenvalue weighted by Gasteiger charge is 2.29. The Morgan fingerprint density at radius 2 is 0.750 bits per heavy atom. The van der Waals surface area contributed by atoms with Gasteiger partial charge in [0.1, 0.15) is 5.75 Å². The van der Waals surface area contributed by atoms with Crippen LogP contribution in [-0.2, 0) is 10.8 Å². The van der Waals surface area contributed by atoms with E-state index in [2.05, 4.69) is 86.6 Å². The van der Waals surface area contributed by atoms with E-state index in [0.717, 1.165) is 36.8 Å². The Morgan fingerprint density at radius 3 is 1.04 bits per heavy atom. The predicted molar refractivity (Wildman–Crippen MR) is 255 cm³/mol. The van der Waals surface area contributed by atoms with Crippen LogP contribution in [0.1, 0.15) is 246 Å². The molecule has 1 aromatic rings. The van der Waals surface area contributed by atoms with Crippen LogP contribution >= 0.6 is 23.9 Å². The number of hydrazine groups is 1. The SMILES string of the molecule is CCCCCCCCCCCCCCCCSN1CN(Nc2cc(C(C)(C)C)c(O)c(C(C)(C)C)c2)CN(SCCCCCCCCCCCCCCCC)C1. The van der Waals surface area contributed by atoms with Gasteiger partial charge in [0, 0.05) is 28.3 Å². The van der Waals surface area contributed by atoms with Crippen molar-refractivity contribution in [1.29, 1.82) is 0 Å². The minimum Gasteiger partial charge on any atom is -0.507 e. The van der Waals surface area contributed by atoms with E-state index in [9.17, 15) is 5.11 Å². The molecule has 0 saturated carbocycles. The number of phenolic OH excluding ortho intramolecular Hbond substituents is 1. The van der Waals surface area contributed by atoms with E-state index in [4.69, 9.17) is 0 Å². The molecule has 1 fully saturated rings. The fraction of sp³-hybridized carbons (Fsp3) is 0.878. The second-order valence-corrected chi connectivity index (χ2v) is 21.7. The number of unbranched alkanes of at least 4 members (excludes halogenated alkanes) is 26. The van der Waals surface area contributed by atoms with Crippen molar-refractivity contribution in [2.75, 3.05) is 36.9 Å². The number of rotatable bonds is 34. The molecule has 0 unspecified atom stereocenters. The zero-order valence-electron chi connectivity index (χ0n) is 38.6. The number of aromatic hydroxyl groups is 1. The Labute approximate surface area is 358 Å². The summed E-state index contributed by atoms with van der Waals surface area (Å²) >= 11 is 4.07. The molecule has 0 bridgehead atoms. The van der Waals surface area contributed by atoms with Gasteiger partial charge in [-0.1, -0.05) is 246 Å². The largest absolute Gasteiger partial charge is 0.507 e. The summed E-state index contributed by atoms with van der Waals surface area (Å²) in [6.45, 7) is 20.6. The van der Waals surface area contributed by atoms with Crippen LogP contribution in [0.4, 0.5) is 5.69 Å². The number of anilines is 1. The molecule has 0 radical (unpaired) electrons. The van der Waals surface area contributed by atoms with Crippen LogP contribution in [0.2, 0.25) is 0 Å². The Hall–Kier alpha value is -0.600. The van der Waals surface area contributed by atoms with Gasteiger partial charge in [-0.2, -0.15) is 5.01 Å². The molecule has 0 spiro atoms. The number of nitrogens with one attached hydrogen (secondary N) is 1. The fourth-order valence-corrected chi connectivity index (χ4v) is 10.1. The van der Waals surface area contributed by atoms with Gasteiger partial charge in [0.15, 0.2) is 0 Å². The lowest BCUT2D eigenvalue weighted by atomic mass is 9.79. The van der Waals surface area contributed by atoms with Crippen molar-refractivity contribution in [3.8, 4) is 5.75 Å². The van der Waals surface area contributed by atoms with Gasteiger partial charge in [-0.05, 0) is 35.8 Å². The summed E-state index contributed by atoms with van der Waals surface area (Å²) in [6, 6.07) is 4.36. The Balaban J connectivity index is 1.79. The number of benzene rings is 1. The van der Waals surface area contributed by atoms with Crippen LogP contribution in [0.25, 0.3) is 0 Å². The minimum atomic E-state index is -0.144. The molecule has 5 nitrogen and oxygen atoms in total. The first kappa shape index (κ1) is 51.5. The van der Waals surface area contributed by atoms with Crippen LogP contribution < -0.4 is 5.43 Å². The normalized spacial score (nSPS) is 14.9. The van der Waals surface area contributed by atoms with Crippen molar-refractivity contribution in [2.24, 2.45) is 0 Å². The molecule has 2 N–H and O–H groups in total. The minimum absolute atomic E-state index is 0.144. The molecule has 328 valence electrons. The van der Waals surface area contributed by atoms with Crippen LogP contribution in [0, 0.1) is 0 Å². The van der Waals surface area contributed by atoms with Gasteiger partial charge in [0.2, 0.25) is 0 Å². The van der Waals surface area contributed by atoms with E-state index >= 15 is 0 Å². The third kappa shape index (κ3) is 24.5. The smallest absolute Gasteiger partial charge is 0.123 e. The monoisotopic (exact) mass is 819 g/mol. The van der Waals surface area contributed by atoms with E-state index in [1.54, 1.807) is 0 Å². The second-order valence-electron chi connectivity index (χ2n) is 19.3. The first-order chi connectivity index (χ1) is 27.0. The average molecular weight is 819 g/mol. The van der Waals surface area contributed by atoms with Crippen molar-refractivity contribution in [3.05, 3.63) is 23.3 Å². The van der Waals surface area contributed by atoms with Crippen LogP contribution in [0.15, 0.2) is 12.1 Å². The van der Waals surface area contributed by atoms with E-state index in [0.29, 0.717) is 5.75 Å². The van der Waals surface area contributed by atoms with Gasteiger partial charge in [0.25, 0.3) is 0 Å². The Morgan fingerprint density at radius 1 is 0.464 bits per heavy atom. The molecule has 1 aliphatic rings. The topological polar surface area (TPSA) is 42.0 Å². The summed E-state index contributed by atoms with van der Waals surface area (Å²) in [6.07, 6.45) is 39.5. The summed E-state index contributed by atoms with van der Waals surface area (Å²) < 4.78 is 5.12. The van der Waals surface area contributed by atoms with Crippen molar-refractivity contribution in [3.63, 3.8) is 0 Å². The molecule has 0 atom stereocenters. The van der Waals surface area contributed by atoms with Gasteiger partial charge in [-0.25, -0.2) is 8.61 Å². The molecule has 56 heavy (non-hydrogen) atoms. The number of nitrogens with zero attached hydrogens (tertiary/aromatic N) is 3. The molecule has 0 aromatic heterocycles. The zero-order chi connectivity index (χ0) is 40.9. The van der Waals surface area contributed by atoms with Gasteiger partial charge in [-0.3, -0.25) is 0 Å². The second kappa shape index (κ2) is 31.3. The maximum Gasteiger partial charge on any atom is 0.123 e. The van der Waals surface area contributed by atoms with Gasteiger partial charge >= 0.3 is 0 Å². The summed E-state index contributed by atoms with van der Waals surface area (Å²) in [4.78, 5) is 0. The number of hydrogen-bond acceptors (Lipinski definition) is 7. The third-order valence-corrected chi connectivity index (χ3v) is 13.7. The molecule has 0 aliphatic carbocycles. The van der Waals surface area contributed by atoms with Gasteiger partial charge in [0.05, 0.1) is 20.0 Å². The maximum absolute atomic E-state index is 11.3. The van der Waals surface area contributed by atoms with E-state index in [1.807, 2.05) is 23.9 Å². The first-order valence-electron chi connectivity index (χ1n) is 24.1. The van der Waals surface area contributed by atoms with Gasteiger partial charge < -0.3 is 10.5 Å². The fourth-order valence-electron chi connectivity index (χ4n) is 7.93. The lowest BCUT2D eigenvalue weighted by Crippen LogP contribution is -2.52. The average Bonchev–Trinajstić information content (AvgIpc) is 3.14. The first-order valence-corrected chi connectivity index (χ1v) is 26.0. The molecule has 1 heterocycles. The van der Waals surface area contributed by atoms with Crippen molar-refractivity contribution in [2.45, 2.75) is 246 Å². The van der Waals surface area contributed by atoms with Crippen LogP contribution in [0.3, 0.4) is 0 Å². The van der Waals surface area contributed by atoms with Crippen LogP contribution in [0.5, 0.6) is 5.75 Å². The molecule has 1 aliphatic heterocycles. The quantitative estimate of drug-likeness (QED) is 0.0408. The molecular formula is C49H94N4OS2. The molecular weight excluding hydrogens is 725 g/mol. The van der Waals surface area contributed by atoms with E-state index < -0.39 is 0 Å². The highest BCUT2D eigenvalue weighted by Crippen LogP contribution is 2.41. The standard InChI is InChI=1S/C49H94N4OS2/c1-9-11-13-15-17-19-21-23-25-27-29-31-33-35-37-55-52-41-51(50-44-39-45(48(3,4)5)47(54)46(40-44)49(6,7)8)42-53(43-52)56-38-36-34-32-30-28-26-24-22-20-18-16-14-12-10-2/h39-40,50,54H,9-38,41-43H2,1-8H3. The summed E-state index contributed by atoms with van der Waals surface area (Å²) in [5.74, 6) is 2.85. The Bertz CT molecular complexity index is 1010. The highest BCUT2D eigenvalue weighted by molar-refractivity contribution is 7.97. The van der Waals surface area contributed by atoms with Crippen molar-refractivity contribution in [1.82, 2.24) is 13.6 Å².